The number of pyridine rings is 1. The summed E-state index contributed by atoms with van der Waals surface area (Å²) in [6, 6.07) is 5.46. The molecule has 0 bridgehead atoms. The molecule has 0 saturated carbocycles. The first-order chi connectivity index (χ1) is 16.9. The van der Waals surface area contributed by atoms with Crippen LogP contribution in [0.2, 0.25) is 0 Å². The van der Waals surface area contributed by atoms with Gasteiger partial charge in [-0.05, 0) is 43.5 Å². The predicted octanol–water partition coefficient (Wildman–Crippen LogP) is 2.55. The van der Waals surface area contributed by atoms with Crippen molar-refractivity contribution in [2.75, 3.05) is 19.6 Å². The van der Waals surface area contributed by atoms with Crippen molar-refractivity contribution < 1.29 is 23.9 Å². The molecular formula is C24H25FN6O4. The van der Waals surface area contributed by atoms with Gasteiger partial charge in [-0.15, -0.1) is 5.10 Å². The zero-order chi connectivity index (χ0) is 24.9. The van der Waals surface area contributed by atoms with Gasteiger partial charge in [-0.2, -0.15) is 0 Å². The van der Waals surface area contributed by atoms with Crippen LogP contribution in [0, 0.1) is 11.7 Å². The van der Waals surface area contributed by atoms with E-state index in [9.17, 15) is 23.9 Å². The Bertz CT molecular complexity index is 1250. The number of carboxylic acid groups (broad SMARTS) is 1. The Morgan fingerprint density at radius 1 is 1.20 bits per heavy atom. The highest BCUT2D eigenvalue weighted by Gasteiger charge is 2.28. The van der Waals surface area contributed by atoms with Gasteiger partial charge in [0.25, 0.3) is 5.91 Å². The van der Waals surface area contributed by atoms with Crippen molar-refractivity contribution in [2.45, 2.75) is 26.2 Å². The van der Waals surface area contributed by atoms with Crippen LogP contribution in [0.25, 0.3) is 16.9 Å². The smallest absolute Gasteiger partial charge is 0.338 e. The van der Waals surface area contributed by atoms with Gasteiger partial charge in [0.2, 0.25) is 5.91 Å². The number of hydrogen-bond donors (Lipinski definition) is 2. The van der Waals surface area contributed by atoms with Gasteiger partial charge in [-0.3, -0.25) is 14.6 Å². The molecule has 0 unspecified atom stereocenters. The normalized spacial score (nSPS) is 14.1. The van der Waals surface area contributed by atoms with Gasteiger partial charge < -0.3 is 15.3 Å². The van der Waals surface area contributed by atoms with Crippen molar-refractivity contribution >= 4 is 17.8 Å². The molecule has 0 atom stereocenters. The molecule has 0 spiro atoms. The van der Waals surface area contributed by atoms with E-state index in [2.05, 4.69) is 20.6 Å². The first kappa shape index (κ1) is 24.0. The monoisotopic (exact) mass is 480 g/mol. The highest BCUT2D eigenvalue weighted by molar-refractivity contribution is 5.95. The third-order valence-corrected chi connectivity index (χ3v) is 5.96. The van der Waals surface area contributed by atoms with Crippen molar-refractivity contribution in [2.24, 2.45) is 5.92 Å². The van der Waals surface area contributed by atoms with Crippen LogP contribution in [0.5, 0.6) is 0 Å². The van der Waals surface area contributed by atoms with Crippen LogP contribution in [-0.4, -0.2) is 67.4 Å². The van der Waals surface area contributed by atoms with E-state index >= 15 is 0 Å². The van der Waals surface area contributed by atoms with Gasteiger partial charge in [0, 0.05) is 42.9 Å². The summed E-state index contributed by atoms with van der Waals surface area (Å²) < 4.78 is 16.2. The third-order valence-electron chi connectivity index (χ3n) is 5.96. The molecule has 0 radical (unpaired) electrons. The molecule has 10 nitrogen and oxygen atoms in total. The number of likely N-dealkylation sites (tertiary alicyclic amines) is 1. The van der Waals surface area contributed by atoms with Crippen LogP contribution < -0.4 is 5.32 Å². The number of carbonyl (C=O) groups is 3. The summed E-state index contributed by atoms with van der Waals surface area (Å²) in [4.78, 5) is 42.0. The maximum Gasteiger partial charge on any atom is 0.338 e. The van der Waals surface area contributed by atoms with Crippen molar-refractivity contribution in [1.29, 1.82) is 0 Å². The van der Waals surface area contributed by atoms with Crippen molar-refractivity contribution in [1.82, 2.24) is 30.2 Å². The topological polar surface area (TPSA) is 130 Å². The molecule has 1 saturated heterocycles. The lowest BCUT2D eigenvalue weighted by atomic mass is 9.95. The molecule has 1 aromatic carbocycles. The second-order valence-corrected chi connectivity index (χ2v) is 8.30. The number of halogens is 1. The number of aromatic nitrogens is 4. The number of amides is 2. The summed E-state index contributed by atoms with van der Waals surface area (Å²) in [6.45, 7) is 3.49. The number of benzene rings is 1. The molecule has 2 amide bonds. The van der Waals surface area contributed by atoms with Crippen LogP contribution >= 0.6 is 0 Å². The Labute approximate surface area is 200 Å². The maximum absolute atomic E-state index is 15.0. The van der Waals surface area contributed by atoms with E-state index in [1.165, 1.54) is 41.5 Å². The first-order valence-electron chi connectivity index (χ1n) is 11.4. The van der Waals surface area contributed by atoms with Crippen molar-refractivity contribution in [3.8, 4) is 16.9 Å². The van der Waals surface area contributed by atoms with E-state index in [4.69, 9.17) is 0 Å². The summed E-state index contributed by atoms with van der Waals surface area (Å²) in [5.41, 5.74) is 0.677. The van der Waals surface area contributed by atoms with Gasteiger partial charge in [0.15, 0.2) is 0 Å². The fraction of sp³-hybridized carbons (Fsp3) is 0.333. The Hall–Kier alpha value is -4.15. The number of nitrogens with one attached hydrogen (secondary N) is 1. The van der Waals surface area contributed by atoms with Crippen LogP contribution in [0.1, 0.15) is 46.9 Å². The Kier molecular flexibility index (Phi) is 7.14. The van der Waals surface area contributed by atoms with Crippen LogP contribution in [0.4, 0.5) is 4.39 Å². The average molecular weight is 481 g/mol. The van der Waals surface area contributed by atoms with Crippen molar-refractivity contribution in [3.05, 3.63) is 59.8 Å². The highest BCUT2D eigenvalue weighted by Crippen LogP contribution is 2.25. The van der Waals surface area contributed by atoms with Gasteiger partial charge in [-0.25, -0.2) is 13.9 Å². The number of nitrogens with zero attached hydrogens (tertiary/aromatic N) is 5. The van der Waals surface area contributed by atoms with Gasteiger partial charge >= 0.3 is 5.97 Å². The quantitative estimate of drug-likeness (QED) is 0.531. The lowest BCUT2D eigenvalue weighted by Gasteiger charge is -2.31. The van der Waals surface area contributed by atoms with E-state index < -0.39 is 11.8 Å². The maximum atomic E-state index is 15.0. The molecule has 1 aliphatic heterocycles. The largest absolute Gasteiger partial charge is 0.478 e. The van der Waals surface area contributed by atoms with Gasteiger partial charge in [-0.1, -0.05) is 12.1 Å². The molecule has 1 aliphatic rings. The molecule has 2 N–H and O–H groups in total. The number of hydrogen-bond acceptors (Lipinski definition) is 6. The molecule has 35 heavy (non-hydrogen) atoms. The van der Waals surface area contributed by atoms with Gasteiger partial charge in [0.05, 0.1) is 23.6 Å². The average Bonchev–Trinajstić information content (AvgIpc) is 3.36. The van der Waals surface area contributed by atoms with E-state index in [1.54, 1.807) is 4.90 Å². The molecule has 3 heterocycles. The fourth-order valence-corrected chi connectivity index (χ4v) is 4.03. The minimum absolute atomic E-state index is 0.0177. The van der Waals surface area contributed by atoms with Crippen LogP contribution in [-0.2, 0) is 4.79 Å². The number of aromatic carboxylic acids is 1. The lowest BCUT2D eigenvalue weighted by Crippen LogP contribution is -2.43. The molecule has 11 heteroatoms. The highest BCUT2D eigenvalue weighted by atomic mass is 19.1. The summed E-state index contributed by atoms with van der Waals surface area (Å²) >= 11 is 0. The Morgan fingerprint density at radius 3 is 2.66 bits per heavy atom. The van der Waals surface area contributed by atoms with E-state index in [0.29, 0.717) is 32.5 Å². The molecule has 1 fully saturated rings. The molecule has 3 aromatic rings. The first-order valence-corrected chi connectivity index (χ1v) is 11.4. The number of piperidine rings is 1. The number of rotatable bonds is 7. The SMILES string of the molecule is CCCNC(=O)C1CCN(C(=O)c2ccc(-c3cn(-c4cnccc4C(=O)O)nn3)c(F)c2)CC1. The lowest BCUT2D eigenvalue weighted by molar-refractivity contribution is -0.126. The summed E-state index contributed by atoms with van der Waals surface area (Å²) in [5, 5.41) is 20.1. The standard InChI is InChI=1S/C24H25FN6O4/c1-2-8-27-22(32)15-6-10-30(11-7-15)23(33)16-3-4-17(19(25)12-16)20-14-31(29-28-20)21-13-26-9-5-18(21)24(34)35/h3-5,9,12-15H,2,6-8,10-11H2,1H3,(H,27,32)(H,34,35). The fourth-order valence-electron chi connectivity index (χ4n) is 4.03. The Morgan fingerprint density at radius 2 is 1.97 bits per heavy atom. The predicted molar refractivity (Wildman–Crippen MR) is 123 cm³/mol. The van der Waals surface area contributed by atoms with Gasteiger partial charge in [0.1, 0.15) is 11.5 Å². The van der Waals surface area contributed by atoms with Crippen LogP contribution in [0.3, 0.4) is 0 Å². The zero-order valence-electron chi connectivity index (χ0n) is 19.1. The zero-order valence-corrected chi connectivity index (χ0v) is 19.1. The summed E-state index contributed by atoms with van der Waals surface area (Å²) in [7, 11) is 0. The second kappa shape index (κ2) is 10.4. The van der Waals surface area contributed by atoms with Crippen LogP contribution in [0.15, 0.2) is 42.9 Å². The summed E-state index contributed by atoms with van der Waals surface area (Å²) in [6.07, 6.45) is 6.08. The number of carboxylic acids is 1. The molecule has 182 valence electrons. The van der Waals surface area contributed by atoms with E-state index in [-0.39, 0.29) is 45.8 Å². The molecule has 4 rings (SSSR count). The minimum Gasteiger partial charge on any atom is -0.478 e. The summed E-state index contributed by atoms with van der Waals surface area (Å²) in [5.74, 6) is -2.20. The molecule has 2 aromatic heterocycles. The molecule has 0 aliphatic carbocycles. The molecular weight excluding hydrogens is 455 g/mol. The Balaban J connectivity index is 1.46. The van der Waals surface area contributed by atoms with E-state index in [1.807, 2.05) is 6.92 Å². The third kappa shape index (κ3) is 5.18. The van der Waals surface area contributed by atoms with E-state index in [0.717, 1.165) is 12.5 Å². The number of carbonyl (C=O) groups excluding carboxylic acids is 2. The van der Waals surface area contributed by atoms with Crippen molar-refractivity contribution in [3.63, 3.8) is 0 Å². The minimum atomic E-state index is -1.15. The second-order valence-electron chi connectivity index (χ2n) is 8.30.